The van der Waals surface area contributed by atoms with Gasteiger partial charge < -0.3 is 5.32 Å². The summed E-state index contributed by atoms with van der Waals surface area (Å²) in [5.41, 5.74) is 2.03. The van der Waals surface area contributed by atoms with Gasteiger partial charge >= 0.3 is 0 Å². The number of carbonyl (C=O) groups excluding carboxylic acids is 1. The average molecular weight is 268 g/mol. The van der Waals surface area contributed by atoms with Crippen molar-refractivity contribution >= 4 is 11.6 Å². The number of rotatable bonds is 4. The van der Waals surface area contributed by atoms with Gasteiger partial charge in [0, 0.05) is 12.1 Å². The molecule has 0 aliphatic rings. The van der Waals surface area contributed by atoms with Crippen molar-refractivity contribution in [2.45, 2.75) is 12.8 Å². The highest BCUT2D eigenvalue weighted by Crippen LogP contribution is 2.11. The molecule has 0 radical (unpaired) electrons. The van der Waals surface area contributed by atoms with Crippen LogP contribution in [0.4, 0.5) is 10.1 Å². The number of halogens is 1. The number of nitriles is 1. The fourth-order valence-corrected chi connectivity index (χ4v) is 1.79. The molecule has 2 aromatic rings. The maximum atomic E-state index is 13.0. The maximum absolute atomic E-state index is 13.0. The zero-order chi connectivity index (χ0) is 14.4. The normalized spacial score (nSPS) is 9.80. The Morgan fingerprint density at radius 3 is 2.60 bits per heavy atom. The van der Waals surface area contributed by atoms with E-state index in [1.165, 1.54) is 12.1 Å². The van der Waals surface area contributed by atoms with E-state index in [2.05, 4.69) is 5.32 Å². The van der Waals surface area contributed by atoms with Crippen LogP contribution >= 0.6 is 0 Å². The molecule has 0 aliphatic carbocycles. The lowest BCUT2D eigenvalue weighted by Crippen LogP contribution is -2.12. The fraction of sp³-hybridized carbons (Fsp3) is 0.125. The van der Waals surface area contributed by atoms with Crippen molar-refractivity contribution in [1.29, 1.82) is 5.26 Å². The fourth-order valence-electron chi connectivity index (χ4n) is 1.79. The summed E-state index contributed by atoms with van der Waals surface area (Å²) < 4.78 is 13.0. The first-order chi connectivity index (χ1) is 9.67. The molecule has 20 heavy (non-hydrogen) atoms. The zero-order valence-electron chi connectivity index (χ0n) is 10.8. The molecule has 0 fully saturated rings. The van der Waals surface area contributed by atoms with Gasteiger partial charge in [-0.1, -0.05) is 18.2 Å². The van der Waals surface area contributed by atoms with Gasteiger partial charge in [-0.3, -0.25) is 4.79 Å². The van der Waals surface area contributed by atoms with E-state index in [9.17, 15) is 9.18 Å². The molecule has 2 rings (SSSR count). The minimum atomic E-state index is -0.380. The summed E-state index contributed by atoms with van der Waals surface area (Å²) in [6, 6.07) is 14.9. The van der Waals surface area contributed by atoms with Crippen molar-refractivity contribution in [2.75, 3.05) is 5.32 Å². The van der Waals surface area contributed by atoms with Crippen molar-refractivity contribution in [1.82, 2.24) is 0 Å². The monoisotopic (exact) mass is 268 g/mol. The van der Waals surface area contributed by atoms with Crippen LogP contribution in [0.5, 0.6) is 0 Å². The molecule has 0 spiro atoms. The van der Waals surface area contributed by atoms with Crippen molar-refractivity contribution in [2.24, 2.45) is 0 Å². The lowest BCUT2D eigenvalue weighted by molar-refractivity contribution is -0.116. The molecule has 0 unspecified atom stereocenters. The van der Waals surface area contributed by atoms with Gasteiger partial charge in [0.15, 0.2) is 0 Å². The summed E-state index contributed by atoms with van der Waals surface area (Å²) in [5, 5.41) is 11.3. The third-order valence-corrected chi connectivity index (χ3v) is 2.83. The minimum absolute atomic E-state index is 0.167. The number of nitrogens with one attached hydrogen (secondary N) is 1. The molecule has 0 aromatic heterocycles. The van der Waals surface area contributed by atoms with Crippen molar-refractivity contribution in [3.05, 3.63) is 65.5 Å². The summed E-state index contributed by atoms with van der Waals surface area (Å²) >= 11 is 0. The number of aryl methyl sites for hydroxylation is 1. The van der Waals surface area contributed by atoms with Crippen molar-refractivity contribution in [3.8, 4) is 6.07 Å². The minimum Gasteiger partial charge on any atom is -0.326 e. The van der Waals surface area contributed by atoms with E-state index in [1.807, 2.05) is 18.2 Å². The third kappa shape index (κ3) is 3.92. The number of anilines is 1. The maximum Gasteiger partial charge on any atom is 0.224 e. The molecule has 0 saturated heterocycles. The molecule has 1 N–H and O–H groups in total. The second-order valence-corrected chi connectivity index (χ2v) is 4.37. The largest absolute Gasteiger partial charge is 0.326 e. The Kier molecular flexibility index (Phi) is 4.46. The molecule has 0 atom stereocenters. The third-order valence-electron chi connectivity index (χ3n) is 2.83. The van der Waals surface area contributed by atoms with Crippen LogP contribution < -0.4 is 5.32 Å². The van der Waals surface area contributed by atoms with E-state index in [1.54, 1.807) is 24.3 Å². The average Bonchev–Trinajstić information content (AvgIpc) is 2.46. The second kappa shape index (κ2) is 6.48. The summed E-state index contributed by atoms with van der Waals surface area (Å²) in [6.07, 6.45) is 0.884. The molecule has 0 bridgehead atoms. The number of amides is 1. The van der Waals surface area contributed by atoms with Crippen LogP contribution in [0.15, 0.2) is 48.5 Å². The van der Waals surface area contributed by atoms with Crippen LogP contribution in [-0.2, 0) is 11.2 Å². The number of carbonyl (C=O) groups is 1. The van der Waals surface area contributed by atoms with Crippen LogP contribution in [0.2, 0.25) is 0 Å². The summed E-state index contributed by atoms with van der Waals surface area (Å²) in [6.45, 7) is 0. The Labute approximate surface area is 116 Å². The Morgan fingerprint density at radius 2 is 1.95 bits per heavy atom. The standard InChI is InChI=1S/C16H13FN2O/c17-14-2-1-3-15(10-14)19-16(20)9-8-12-4-6-13(11-18)7-5-12/h1-7,10H,8-9H2,(H,19,20). The molecular formula is C16H13FN2O. The van der Waals surface area contributed by atoms with E-state index >= 15 is 0 Å². The highest BCUT2D eigenvalue weighted by atomic mass is 19.1. The van der Waals surface area contributed by atoms with Gasteiger partial charge in [0.2, 0.25) is 5.91 Å². The van der Waals surface area contributed by atoms with E-state index < -0.39 is 0 Å². The van der Waals surface area contributed by atoms with E-state index in [4.69, 9.17) is 5.26 Å². The second-order valence-electron chi connectivity index (χ2n) is 4.37. The van der Waals surface area contributed by atoms with Crippen LogP contribution in [0.3, 0.4) is 0 Å². The summed E-state index contributed by atoms with van der Waals surface area (Å²) in [7, 11) is 0. The number of nitrogens with zero attached hydrogens (tertiary/aromatic N) is 1. The molecule has 0 heterocycles. The number of hydrogen-bond acceptors (Lipinski definition) is 2. The first kappa shape index (κ1) is 13.8. The highest BCUT2D eigenvalue weighted by Gasteiger charge is 2.04. The SMILES string of the molecule is N#Cc1ccc(CCC(=O)Nc2cccc(F)c2)cc1. The molecule has 4 heteroatoms. The molecule has 3 nitrogen and oxygen atoms in total. The van der Waals surface area contributed by atoms with Crippen molar-refractivity contribution < 1.29 is 9.18 Å². The van der Waals surface area contributed by atoms with Crippen molar-refractivity contribution in [3.63, 3.8) is 0 Å². The molecule has 1 amide bonds. The first-order valence-electron chi connectivity index (χ1n) is 6.22. The van der Waals surface area contributed by atoms with Gasteiger partial charge in [-0.05, 0) is 42.3 Å². The Balaban J connectivity index is 1.87. The van der Waals surface area contributed by atoms with Gasteiger partial charge in [-0.15, -0.1) is 0 Å². The number of benzene rings is 2. The van der Waals surface area contributed by atoms with Gasteiger partial charge in [0.25, 0.3) is 0 Å². The van der Waals surface area contributed by atoms with E-state index in [-0.39, 0.29) is 11.7 Å². The molecule has 0 aliphatic heterocycles. The predicted molar refractivity (Wildman–Crippen MR) is 74.5 cm³/mol. The highest BCUT2D eigenvalue weighted by molar-refractivity contribution is 5.90. The van der Waals surface area contributed by atoms with Gasteiger partial charge in [0.1, 0.15) is 5.82 Å². The van der Waals surface area contributed by atoms with E-state index in [0.29, 0.717) is 24.1 Å². The Hall–Kier alpha value is -2.67. The zero-order valence-corrected chi connectivity index (χ0v) is 10.8. The molecule has 0 saturated carbocycles. The lowest BCUT2D eigenvalue weighted by Gasteiger charge is -2.05. The quantitative estimate of drug-likeness (QED) is 0.925. The lowest BCUT2D eigenvalue weighted by atomic mass is 10.1. The molecular weight excluding hydrogens is 255 g/mol. The number of hydrogen-bond donors (Lipinski definition) is 1. The smallest absolute Gasteiger partial charge is 0.224 e. The molecule has 100 valence electrons. The Morgan fingerprint density at radius 1 is 1.20 bits per heavy atom. The molecule has 2 aromatic carbocycles. The topological polar surface area (TPSA) is 52.9 Å². The van der Waals surface area contributed by atoms with E-state index in [0.717, 1.165) is 5.56 Å². The predicted octanol–water partition coefficient (Wildman–Crippen LogP) is 3.27. The summed E-state index contributed by atoms with van der Waals surface area (Å²) in [4.78, 5) is 11.7. The van der Waals surface area contributed by atoms with Crippen LogP contribution in [0.1, 0.15) is 17.5 Å². The van der Waals surface area contributed by atoms with Gasteiger partial charge in [0.05, 0.1) is 11.6 Å². The van der Waals surface area contributed by atoms with Crippen LogP contribution in [-0.4, -0.2) is 5.91 Å². The first-order valence-corrected chi connectivity index (χ1v) is 6.22. The van der Waals surface area contributed by atoms with Gasteiger partial charge in [-0.2, -0.15) is 5.26 Å². The summed E-state index contributed by atoms with van der Waals surface area (Å²) in [5.74, 6) is -0.546. The van der Waals surface area contributed by atoms with Crippen LogP contribution in [0.25, 0.3) is 0 Å². The van der Waals surface area contributed by atoms with Gasteiger partial charge in [-0.25, -0.2) is 4.39 Å². The Bertz CT molecular complexity index is 644. The van der Waals surface area contributed by atoms with Crippen LogP contribution in [0, 0.1) is 17.1 Å².